The molecule has 244 valence electrons. The monoisotopic (exact) mass is 631 g/mol. The van der Waals surface area contributed by atoms with Gasteiger partial charge in [0.2, 0.25) is 5.91 Å². The van der Waals surface area contributed by atoms with Crippen LogP contribution in [0.3, 0.4) is 0 Å². The zero-order chi connectivity index (χ0) is 32.0. The summed E-state index contributed by atoms with van der Waals surface area (Å²) in [4.78, 5) is 22.0. The topological polar surface area (TPSA) is 119 Å². The maximum atomic E-state index is 14.0. The second kappa shape index (κ2) is 14.7. The molecule has 1 aromatic heterocycles. The van der Waals surface area contributed by atoms with Gasteiger partial charge in [0, 0.05) is 56.4 Å². The Morgan fingerprint density at radius 3 is 2.47 bits per heavy atom. The minimum atomic E-state index is -1.00. The van der Waals surface area contributed by atoms with Gasteiger partial charge in [-0.2, -0.15) is 0 Å². The van der Waals surface area contributed by atoms with Crippen LogP contribution in [-0.2, 0) is 16.1 Å². The van der Waals surface area contributed by atoms with Crippen LogP contribution in [0.5, 0.6) is 5.75 Å². The normalized spacial score (nSPS) is 18.1. The fourth-order valence-corrected chi connectivity index (χ4v) is 6.40. The number of pyridine rings is 1. The first-order valence-corrected chi connectivity index (χ1v) is 15.2. The lowest BCUT2D eigenvalue weighted by molar-refractivity contribution is -0.143. The number of carbonyl (C=O) groups excluding carboxylic acids is 1. The number of anilines is 1. The molecule has 2 aliphatic heterocycles. The highest BCUT2D eigenvalue weighted by atomic mass is 19.1. The maximum Gasteiger partial charge on any atom is 0.249 e. The molecule has 10 nitrogen and oxygen atoms in total. The lowest BCUT2D eigenvalue weighted by atomic mass is 9.73. The molecule has 4 N–H and O–H groups in total. The van der Waals surface area contributed by atoms with Gasteiger partial charge in [0.25, 0.3) is 0 Å². The number of hydrogen-bond acceptors (Lipinski definition) is 9. The van der Waals surface area contributed by atoms with Crippen LogP contribution in [0.25, 0.3) is 10.9 Å². The molecule has 0 radical (unpaired) electrons. The van der Waals surface area contributed by atoms with Gasteiger partial charge in [-0.25, -0.2) is 18.7 Å². The maximum absolute atomic E-state index is 14.0. The highest BCUT2D eigenvalue weighted by Gasteiger charge is 2.41. The molecule has 1 amide bonds. The predicted molar refractivity (Wildman–Crippen MR) is 161 cm³/mol. The number of hydroxylamine groups is 1. The number of amides is 1. The molecule has 5 rings (SSSR count). The molecule has 3 aromatic rings. The zero-order valence-corrected chi connectivity index (χ0v) is 25.3. The second-order valence-corrected chi connectivity index (χ2v) is 11.8. The highest BCUT2D eigenvalue weighted by Crippen LogP contribution is 2.40. The van der Waals surface area contributed by atoms with Crippen molar-refractivity contribution in [3.63, 3.8) is 0 Å². The first kappa shape index (κ1) is 32.9. The third kappa shape index (κ3) is 7.67. The molecule has 0 saturated carbocycles. The fourth-order valence-electron chi connectivity index (χ4n) is 6.40. The molecular formula is C32H40F3N5O5. The van der Waals surface area contributed by atoms with Crippen molar-refractivity contribution in [1.29, 1.82) is 0 Å². The number of nitrogens with one attached hydrogen (secondary N) is 2. The number of likely N-dealkylation sites (tertiary alicyclic amines) is 1. The lowest BCUT2D eigenvalue weighted by Crippen LogP contribution is -2.49. The number of hydrogen-bond donors (Lipinski definition) is 4. The Labute approximate surface area is 260 Å². The van der Waals surface area contributed by atoms with Crippen LogP contribution in [0, 0.1) is 22.9 Å². The van der Waals surface area contributed by atoms with Crippen molar-refractivity contribution in [3.8, 4) is 5.75 Å². The Morgan fingerprint density at radius 2 is 1.80 bits per heavy atom. The van der Waals surface area contributed by atoms with Crippen molar-refractivity contribution in [2.24, 2.45) is 5.41 Å². The number of benzene rings is 2. The van der Waals surface area contributed by atoms with E-state index in [0.717, 1.165) is 35.1 Å². The number of carbonyl (C=O) groups is 1. The van der Waals surface area contributed by atoms with Crippen LogP contribution in [0.1, 0.15) is 42.9 Å². The van der Waals surface area contributed by atoms with Crippen LogP contribution in [-0.4, -0.2) is 90.6 Å². The fraction of sp³-hybridized carbons (Fsp3) is 0.500. The van der Waals surface area contributed by atoms with E-state index in [0.29, 0.717) is 76.5 Å². The highest BCUT2D eigenvalue weighted by molar-refractivity contribution is 5.85. The number of aliphatic hydroxyl groups is 1. The summed E-state index contributed by atoms with van der Waals surface area (Å²) < 4.78 is 52.1. The van der Waals surface area contributed by atoms with Crippen molar-refractivity contribution >= 4 is 22.5 Å². The van der Waals surface area contributed by atoms with E-state index in [1.54, 1.807) is 13.3 Å². The molecule has 13 heteroatoms. The molecule has 2 aliphatic rings. The number of fused-ring (bicyclic) bond motifs is 1. The van der Waals surface area contributed by atoms with E-state index in [9.17, 15) is 28.3 Å². The number of rotatable bonds is 12. The minimum Gasteiger partial charge on any atom is -0.497 e. The number of halogens is 3. The van der Waals surface area contributed by atoms with Crippen LogP contribution in [0.4, 0.5) is 18.9 Å². The summed E-state index contributed by atoms with van der Waals surface area (Å²) in [7, 11) is 1.58. The Hall–Kier alpha value is -3.49. The third-order valence-electron chi connectivity index (χ3n) is 9.06. The van der Waals surface area contributed by atoms with E-state index in [-0.39, 0.29) is 18.7 Å². The van der Waals surface area contributed by atoms with Crippen LogP contribution >= 0.6 is 0 Å². The van der Waals surface area contributed by atoms with Gasteiger partial charge in [-0.15, -0.1) is 0 Å². The quantitative estimate of drug-likeness (QED) is 0.174. The van der Waals surface area contributed by atoms with Crippen molar-refractivity contribution in [1.82, 2.24) is 20.3 Å². The summed E-state index contributed by atoms with van der Waals surface area (Å²) >= 11 is 0. The molecule has 2 saturated heterocycles. The van der Waals surface area contributed by atoms with Gasteiger partial charge in [-0.1, -0.05) is 0 Å². The van der Waals surface area contributed by atoms with E-state index in [1.807, 2.05) is 23.7 Å². The smallest absolute Gasteiger partial charge is 0.249 e. The molecule has 1 atom stereocenters. The van der Waals surface area contributed by atoms with E-state index in [1.165, 1.54) is 0 Å². The SMILES string of the molecule is COc1ccc2ncc(CN3CCOCC3)c([C@H](O)CCC3(C(=O)NO)CCN(CCNc4c(F)cc(F)cc4F)CC3)c2c1. The standard InChI is InChI=1S/C32H40F3N5O5/c1-44-23-2-3-27-24(18-23)29(21(19-37-27)20-40-12-14-45-15-13-40)28(41)4-5-32(31(42)38-43)6-9-39(10-7-32)11-8-36-30-25(34)16-22(33)17-26(30)35/h2-3,16-19,28,36,41,43H,4-15,20H2,1H3,(H,38,42)/t28-/m1/s1. The van der Waals surface area contributed by atoms with Crippen molar-refractivity contribution in [2.75, 3.05) is 64.9 Å². The first-order valence-electron chi connectivity index (χ1n) is 15.2. The van der Waals surface area contributed by atoms with E-state index in [2.05, 4.69) is 20.1 Å². The van der Waals surface area contributed by atoms with E-state index < -0.39 is 34.9 Å². The predicted octanol–water partition coefficient (Wildman–Crippen LogP) is 4.01. The average molecular weight is 632 g/mol. The Morgan fingerprint density at radius 1 is 1.09 bits per heavy atom. The van der Waals surface area contributed by atoms with Crippen LogP contribution in [0.15, 0.2) is 36.5 Å². The summed E-state index contributed by atoms with van der Waals surface area (Å²) in [5.74, 6) is -2.85. The Kier molecular flexibility index (Phi) is 10.8. The molecule has 3 heterocycles. The molecule has 45 heavy (non-hydrogen) atoms. The number of ether oxygens (including phenoxy) is 2. The number of morpholine rings is 1. The summed E-state index contributed by atoms with van der Waals surface area (Å²) in [6.07, 6.45) is 2.31. The number of piperidine rings is 1. The molecule has 0 unspecified atom stereocenters. The second-order valence-electron chi connectivity index (χ2n) is 11.8. The van der Waals surface area contributed by atoms with Gasteiger partial charge in [0.15, 0.2) is 11.6 Å². The summed E-state index contributed by atoms with van der Waals surface area (Å²) in [6, 6.07) is 6.80. The van der Waals surface area contributed by atoms with Crippen LogP contribution < -0.4 is 15.5 Å². The van der Waals surface area contributed by atoms with Gasteiger partial charge in [-0.3, -0.25) is 19.9 Å². The van der Waals surface area contributed by atoms with E-state index in [4.69, 9.17) is 9.47 Å². The number of aromatic nitrogens is 1. The summed E-state index contributed by atoms with van der Waals surface area (Å²) in [5, 5.41) is 24.8. The summed E-state index contributed by atoms with van der Waals surface area (Å²) in [6.45, 7) is 5.04. The lowest BCUT2D eigenvalue weighted by Gasteiger charge is -2.40. The third-order valence-corrected chi connectivity index (χ3v) is 9.06. The van der Waals surface area contributed by atoms with Gasteiger partial charge >= 0.3 is 0 Å². The van der Waals surface area contributed by atoms with Gasteiger partial charge in [0.05, 0.1) is 37.4 Å². The van der Waals surface area contributed by atoms with Gasteiger partial charge in [0.1, 0.15) is 17.3 Å². The van der Waals surface area contributed by atoms with Crippen molar-refractivity contribution in [3.05, 3.63) is 65.1 Å². The Balaban J connectivity index is 1.27. The minimum absolute atomic E-state index is 0.210. The molecule has 2 aromatic carbocycles. The molecular weight excluding hydrogens is 591 g/mol. The number of nitrogens with zero attached hydrogens (tertiary/aromatic N) is 3. The Bertz CT molecular complexity index is 1460. The molecule has 2 fully saturated rings. The van der Waals surface area contributed by atoms with Gasteiger partial charge in [-0.05, 0) is 68.1 Å². The van der Waals surface area contributed by atoms with Crippen LogP contribution in [0.2, 0.25) is 0 Å². The van der Waals surface area contributed by atoms with Gasteiger partial charge < -0.3 is 24.8 Å². The number of aliphatic hydroxyl groups excluding tert-OH is 1. The molecule has 0 aliphatic carbocycles. The molecule has 0 bridgehead atoms. The summed E-state index contributed by atoms with van der Waals surface area (Å²) in [5.41, 5.74) is 2.89. The van der Waals surface area contributed by atoms with E-state index >= 15 is 0 Å². The largest absolute Gasteiger partial charge is 0.497 e. The number of methoxy groups -OCH3 is 1. The first-order chi connectivity index (χ1) is 21.7. The average Bonchev–Trinajstić information content (AvgIpc) is 3.05. The zero-order valence-electron chi connectivity index (χ0n) is 25.3. The molecule has 0 spiro atoms. The van der Waals surface area contributed by atoms with Crippen molar-refractivity contribution < 1.29 is 37.8 Å². The van der Waals surface area contributed by atoms with Crippen molar-refractivity contribution in [2.45, 2.75) is 38.3 Å².